The second-order valence-electron chi connectivity index (χ2n) is 5.71. The lowest BCUT2D eigenvalue weighted by Gasteiger charge is -2.25. The summed E-state index contributed by atoms with van der Waals surface area (Å²) in [5.74, 6) is 0. The van der Waals surface area contributed by atoms with Crippen LogP contribution >= 0.6 is 0 Å². The predicted molar refractivity (Wildman–Crippen MR) is 80.4 cm³/mol. The molecular formula is C18H22O. The summed E-state index contributed by atoms with van der Waals surface area (Å²) in [4.78, 5) is 0. The van der Waals surface area contributed by atoms with Crippen LogP contribution in [0.25, 0.3) is 0 Å². The second-order valence-corrected chi connectivity index (χ2v) is 5.71. The molecule has 1 N–H and O–H groups in total. The Morgan fingerprint density at radius 2 is 1.42 bits per heavy atom. The van der Waals surface area contributed by atoms with E-state index in [-0.39, 0.29) is 0 Å². The van der Waals surface area contributed by atoms with Crippen LogP contribution in [0, 0.1) is 13.8 Å². The van der Waals surface area contributed by atoms with Gasteiger partial charge in [-0.1, -0.05) is 48.5 Å². The third kappa shape index (κ3) is 3.68. The maximum Gasteiger partial charge on any atom is 0.0700 e. The zero-order valence-corrected chi connectivity index (χ0v) is 12.0. The van der Waals surface area contributed by atoms with Crippen LogP contribution in [-0.4, -0.2) is 10.7 Å². The number of aryl methyl sites for hydroxylation is 2. The molecule has 0 heterocycles. The van der Waals surface area contributed by atoms with Crippen LogP contribution < -0.4 is 0 Å². The molecular weight excluding hydrogens is 232 g/mol. The molecule has 1 heteroatoms. The monoisotopic (exact) mass is 254 g/mol. The first-order chi connectivity index (χ1) is 8.98. The first kappa shape index (κ1) is 13.8. The van der Waals surface area contributed by atoms with Crippen molar-refractivity contribution >= 4 is 0 Å². The minimum Gasteiger partial charge on any atom is -0.389 e. The Bertz CT molecular complexity index is 521. The van der Waals surface area contributed by atoms with Gasteiger partial charge in [0.15, 0.2) is 0 Å². The highest BCUT2D eigenvalue weighted by atomic mass is 16.3. The van der Waals surface area contributed by atoms with Crippen molar-refractivity contribution in [2.45, 2.75) is 39.2 Å². The fourth-order valence-corrected chi connectivity index (χ4v) is 2.61. The van der Waals surface area contributed by atoms with E-state index >= 15 is 0 Å². The van der Waals surface area contributed by atoms with Gasteiger partial charge in [0, 0.05) is 12.8 Å². The van der Waals surface area contributed by atoms with Gasteiger partial charge >= 0.3 is 0 Å². The van der Waals surface area contributed by atoms with Crippen molar-refractivity contribution in [2.24, 2.45) is 0 Å². The standard InChI is InChI=1S/C18H22O/c1-14-8-7-9-15(2)17(14)13-18(3,19)12-16-10-5-4-6-11-16/h4-11,19H,12-13H2,1-3H3. The van der Waals surface area contributed by atoms with E-state index < -0.39 is 5.60 Å². The Hall–Kier alpha value is -1.60. The summed E-state index contributed by atoms with van der Waals surface area (Å²) in [5, 5.41) is 10.7. The molecule has 19 heavy (non-hydrogen) atoms. The van der Waals surface area contributed by atoms with Gasteiger partial charge in [-0.25, -0.2) is 0 Å². The molecule has 0 spiro atoms. The van der Waals surface area contributed by atoms with Gasteiger partial charge in [-0.15, -0.1) is 0 Å². The number of benzene rings is 2. The van der Waals surface area contributed by atoms with Crippen LogP contribution in [0.2, 0.25) is 0 Å². The molecule has 2 rings (SSSR count). The van der Waals surface area contributed by atoms with Crippen LogP contribution in [0.3, 0.4) is 0 Å². The highest BCUT2D eigenvalue weighted by Gasteiger charge is 2.23. The summed E-state index contributed by atoms with van der Waals surface area (Å²) >= 11 is 0. The zero-order chi connectivity index (χ0) is 13.9. The average molecular weight is 254 g/mol. The highest BCUT2D eigenvalue weighted by Crippen LogP contribution is 2.23. The van der Waals surface area contributed by atoms with E-state index in [2.05, 4.69) is 44.2 Å². The number of aliphatic hydroxyl groups is 1. The lowest BCUT2D eigenvalue weighted by atomic mass is 9.86. The van der Waals surface area contributed by atoms with Gasteiger partial charge in [0.25, 0.3) is 0 Å². The van der Waals surface area contributed by atoms with Crippen LogP contribution in [0.1, 0.15) is 29.2 Å². The number of hydrogen-bond acceptors (Lipinski definition) is 1. The van der Waals surface area contributed by atoms with Crippen molar-refractivity contribution in [1.29, 1.82) is 0 Å². The van der Waals surface area contributed by atoms with E-state index in [1.807, 2.05) is 25.1 Å². The molecule has 0 aliphatic rings. The summed E-state index contributed by atoms with van der Waals surface area (Å²) < 4.78 is 0. The number of hydrogen-bond donors (Lipinski definition) is 1. The molecule has 100 valence electrons. The molecule has 2 aromatic carbocycles. The SMILES string of the molecule is Cc1cccc(C)c1CC(C)(O)Cc1ccccc1. The molecule has 0 bridgehead atoms. The smallest absolute Gasteiger partial charge is 0.0700 e. The molecule has 0 aliphatic heterocycles. The second kappa shape index (κ2) is 5.58. The van der Waals surface area contributed by atoms with Crippen LogP contribution in [-0.2, 0) is 12.8 Å². The summed E-state index contributed by atoms with van der Waals surface area (Å²) in [6, 6.07) is 16.5. The first-order valence-corrected chi connectivity index (χ1v) is 6.79. The van der Waals surface area contributed by atoms with Gasteiger partial charge in [0.2, 0.25) is 0 Å². The predicted octanol–water partition coefficient (Wildman–Crippen LogP) is 3.84. The van der Waals surface area contributed by atoms with Crippen molar-refractivity contribution in [2.75, 3.05) is 0 Å². The molecule has 0 aliphatic carbocycles. The summed E-state index contributed by atoms with van der Waals surface area (Å²) in [6.07, 6.45) is 1.38. The lowest BCUT2D eigenvalue weighted by Crippen LogP contribution is -2.30. The Balaban J connectivity index is 2.17. The van der Waals surface area contributed by atoms with E-state index in [0.717, 1.165) is 0 Å². The maximum atomic E-state index is 10.7. The van der Waals surface area contributed by atoms with E-state index in [0.29, 0.717) is 12.8 Å². The first-order valence-electron chi connectivity index (χ1n) is 6.79. The Labute approximate surface area is 115 Å². The third-order valence-corrected chi connectivity index (χ3v) is 3.63. The van der Waals surface area contributed by atoms with Gasteiger partial charge in [-0.3, -0.25) is 0 Å². The lowest BCUT2D eigenvalue weighted by molar-refractivity contribution is 0.0605. The van der Waals surface area contributed by atoms with E-state index in [1.54, 1.807) is 0 Å². The van der Waals surface area contributed by atoms with E-state index in [1.165, 1.54) is 22.3 Å². The highest BCUT2D eigenvalue weighted by molar-refractivity contribution is 5.35. The van der Waals surface area contributed by atoms with Crippen molar-refractivity contribution in [3.63, 3.8) is 0 Å². The van der Waals surface area contributed by atoms with E-state index in [4.69, 9.17) is 0 Å². The van der Waals surface area contributed by atoms with Gasteiger partial charge in [0.05, 0.1) is 5.60 Å². The van der Waals surface area contributed by atoms with Gasteiger partial charge in [-0.2, -0.15) is 0 Å². The Morgan fingerprint density at radius 1 is 0.842 bits per heavy atom. The van der Waals surface area contributed by atoms with Gasteiger partial charge in [0.1, 0.15) is 0 Å². The third-order valence-electron chi connectivity index (χ3n) is 3.63. The van der Waals surface area contributed by atoms with Gasteiger partial charge < -0.3 is 5.11 Å². The molecule has 1 atom stereocenters. The van der Waals surface area contributed by atoms with Crippen molar-refractivity contribution in [3.8, 4) is 0 Å². The molecule has 2 aromatic rings. The van der Waals surface area contributed by atoms with E-state index in [9.17, 15) is 5.11 Å². The molecule has 1 nitrogen and oxygen atoms in total. The average Bonchev–Trinajstić information content (AvgIpc) is 2.35. The maximum absolute atomic E-state index is 10.7. The van der Waals surface area contributed by atoms with Crippen molar-refractivity contribution < 1.29 is 5.11 Å². The Morgan fingerprint density at radius 3 is 2.00 bits per heavy atom. The van der Waals surface area contributed by atoms with Crippen LogP contribution in [0.15, 0.2) is 48.5 Å². The minimum atomic E-state index is -0.710. The fraction of sp³-hybridized carbons (Fsp3) is 0.333. The van der Waals surface area contributed by atoms with Gasteiger partial charge in [-0.05, 0) is 43.0 Å². The molecule has 1 unspecified atom stereocenters. The quantitative estimate of drug-likeness (QED) is 0.879. The summed E-state index contributed by atoms with van der Waals surface area (Å²) in [6.45, 7) is 6.15. The molecule has 0 fully saturated rings. The minimum absolute atomic E-state index is 0.682. The van der Waals surface area contributed by atoms with Crippen LogP contribution in [0.4, 0.5) is 0 Å². The van der Waals surface area contributed by atoms with Crippen LogP contribution in [0.5, 0.6) is 0 Å². The molecule has 0 radical (unpaired) electrons. The molecule has 0 saturated carbocycles. The molecule has 0 saturated heterocycles. The number of rotatable bonds is 4. The normalized spacial score (nSPS) is 14.1. The fourth-order valence-electron chi connectivity index (χ4n) is 2.61. The largest absolute Gasteiger partial charge is 0.389 e. The molecule has 0 amide bonds. The molecule has 0 aromatic heterocycles. The van der Waals surface area contributed by atoms with Crippen molar-refractivity contribution in [1.82, 2.24) is 0 Å². The Kier molecular flexibility index (Phi) is 4.06. The van der Waals surface area contributed by atoms with Crippen molar-refractivity contribution in [3.05, 3.63) is 70.8 Å². The summed E-state index contributed by atoms with van der Waals surface area (Å²) in [7, 11) is 0. The zero-order valence-electron chi connectivity index (χ0n) is 12.0. The summed E-state index contributed by atoms with van der Waals surface area (Å²) in [5.41, 5.74) is 4.25. The topological polar surface area (TPSA) is 20.2 Å².